The maximum Gasteiger partial charge on any atom is 0.573 e. The molecule has 0 aliphatic heterocycles. The molecule has 0 saturated heterocycles. The molecule has 0 spiro atoms. The largest absolute Gasteiger partial charge is 0.573 e. The van der Waals surface area contributed by atoms with Crippen LogP contribution < -0.4 is 10.5 Å². The van der Waals surface area contributed by atoms with Crippen LogP contribution in [0.5, 0.6) is 5.75 Å². The van der Waals surface area contributed by atoms with E-state index in [1.807, 2.05) is 0 Å². The highest BCUT2D eigenvalue weighted by molar-refractivity contribution is 6.32. The molecule has 0 saturated carbocycles. The number of halogens is 5. The van der Waals surface area contributed by atoms with Crippen LogP contribution in [0.15, 0.2) is 30.9 Å². The van der Waals surface area contributed by atoms with Crippen LogP contribution in [0.25, 0.3) is 0 Å². The van der Waals surface area contributed by atoms with Gasteiger partial charge in [0.1, 0.15) is 5.75 Å². The van der Waals surface area contributed by atoms with Crippen molar-refractivity contribution in [2.45, 2.75) is 25.2 Å². The zero-order valence-electron chi connectivity index (χ0n) is 9.91. The van der Waals surface area contributed by atoms with E-state index in [4.69, 9.17) is 17.3 Å². The number of allylic oxidation sites excluding steroid dienone is 1. The minimum atomic E-state index is -4.75. The predicted octanol–water partition coefficient (Wildman–Crippen LogP) is 4.63. The van der Waals surface area contributed by atoms with Gasteiger partial charge in [0.25, 0.3) is 0 Å². The minimum Gasteiger partial charge on any atom is -0.404 e. The quantitative estimate of drug-likeness (QED) is 0.804. The first kappa shape index (κ1) is 18.1. The number of nitrogens with two attached hydrogens (primary N) is 1. The third-order valence-corrected chi connectivity index (χ3v) is 2.59. The molecular weight excluding hydrogens is 302 g/mol. The van der Waals surface area contributed by atoms with Gasteiger partial charge in [0.15, 0.2) is 0 Å². The van der Waals surface area contributed by atoms with Gasteiger partial charge in [-0.1, -0.05) is 23.7 Å². The lowest BCUT2D eigenvalue weighted by molar-refractivity contribution is -0.274. The molecule has 7 heteroatoms. The number of alkyl halides is 3. The highest BCUT2D eigenvalue weighted by Gasteiger charge is 2.32. The van der Waals surface area contributed by atoms with E-state index in [1.54, 1.807) is 6.08 Å². The van der Waals surface area contributed by atoms with Crippen molar-refractivity contribution in [3.8, 4) is 5.75 Å². The summed E-state index contributed by atoms with van der Waals surface area (Å²) in [6, 6.07) is 3.73. The molecule has 0 fully saturated rings. The normalized spacial score (nSPS) is 12.5. The van der Waals surface area contributed by atoms with E-state index in [0.29, 0.717) is 12.0 Å². The lowest BCUT2D eigenvalue weighted by atomic mass is 10.0. The minimum absolute atomic E-state index is 0. The Morgan fingerprint density at radius 2 is 2.05 bits per heavy atom. The van der Waals surface area contributed by atoms with E-state index >= 15 is 0 Å². The predicted molar refractivity (Wildman–Crippen MR) is 71.7 cm³/mol. The van der Waals surface area contributed by atoms with Crippen molar-refractivity contribution in [3.63, 3.8) is 0 Å². The maximum absolute atomic E-state index is 12.0. The standard InChI is InChI=1S/C12H13ClF3NO.ClH/c1-2-3-4-10(17)8-5-6-11(9(13)7-8)18-12(14,15)16;/h2,5-7,10H,1,3-4,17H2;1H/t10-;/m1./s1. The molecule has 1 rings (SSSR count). The summed E-state index contributed by atoms with van der Waals surface area (Å²) in [6.45, 7) is 3.57. The topological polar surface area (TPSA) is 35.2 Å². The Hall–Kier alpha value is -0.910. The second kappa shape index (κ2) is 7.62. The van der Waals surface area contributed by atoms with E-state index in [0.717, 1.165) is 6.42 Å². The van der Waals surface area contributed by atoms with E-state index in [1.165, 1.54) is 18.2 Å². The van der Waals surface area contributed by atoms with Gasteiger partial charge in [0, 0.05) is 6.04 Å². The molecule has 2 nitrogen and oxygen atoms in total. The highest BCUT2D eigenvalue weighted by atomic mass is 35.5. The lowest BCUT2D eigenvalue weighted by Crippen LogP contribution is -2.17. The molecule has 19 heavy (non-hydrogen) atoms. The van der Waals surface area contributed by atoms with Crippen LogP contribution in [0.3, 0.4) is 0 Å². The Bertz CT molecular complexity index is 424. The highest BCUT2D eigenvalue weighted by Crippen LogP contribution is 2.32. The summed E-state index contributed by atoms with van der Waals surface area (Å²) in [7, 11) is 0. The molecule has 0 aromatic heterocycles. The Balaban J connectivity index is 0.00000324. The van der Waals surface area contributed by atoms with Crippen LogP contribution in [-0.4, -0.2) is 6.36 Å². The van der Waals surface area contributed by atoms with Crippen LogP contribution >= 0.6 is 24.0 Å². The number of hydrogen-bond acceptors (Lipinski definition) is 2. The third kappa shape index (κ3) is 6.18. The van der Waals surface area contributed by atoms with Crippen molar-refractivity contribution < 1.29 is 17.9 Å². The van der Waals surface area contributed by atoms with Gasteiger partial charge in [0.05, 0.1) is 5.02 Å². The maximum atomic E-state index is 12.0. The fourth-order valence-corrected chi connectivity index (χ4v) is 1.65. The summed E-state index contributed by atoms with van der Waals surface area (Å²) >= 11 is 5.71. The van der Waals surface area contributed by atoms with Gasteiger partial charge in [0.2, 0.25) is 0 Å². The molecule has 1 atom stereocenters. The Labute approximate surface area is 120 Å². The van der Waals surface area contributed by atoms with Crippen LogP contribution in [-0.2, 0) is 0 Å². The molecule has 0 unspecified atom stereocenters. The Morgan fingerprint density at radius 3 is 2.53 bits per heavy atom. The van der Waals surface area contributed by atoms with E-state index in [-0.39, 0.29) is 23.5 Å². The molecule has 2 N–H and O–H groups in total. The molecule has 108 valence electrons. The molecule has 0 bridgehead atoms. The molecular formula is C12H14Cl2F3NO. The van der Waals surface area contributed by atoms with Crippen molar-refractivity contribution in [1.82, 2.24) is 0 Å². The van der Waals surface area contributed by atoms with E-state index in [2.05, 4.69) is 11.3 Å². The second-order valence-electron chi connectivity index (χ2n) is 3.71. The molecule has 1 aromatic rings. The van der Waals surface area contributed by atoms with Crippen molar-refractivity contribution in [1.29, 1.82) is 0 Å². The lowest BCUT2D eigenvalue weighted by Gasteiger charge is -2.14. The molecule has 0 heterocycles. The summed E-state index contributed by atoms with van der Waals surface area (Å²) in [5.41, 5.74) is 6.52. The van der Waals surface area contributed by atoms with Crippen LogP contribution in [0.2, 0.25) is 5.02 Å². The smallest absolute Gasteiger partial charge is 0.404 e. The number of ether oxygens (including phenoxy) is 1. The van der Waals surface area contributed by atoms with Gasteiger partial charge in [-0.15, -0.1) is 32.2 Å². The van der Waals surface area contributed by atoms with Crippen molar-refractivity contribution in [2.75, 3.05) is 0 Å². The van der Waals surface area contributed by atoms with Crippen LogP contribution in [0.4, 0.5) is 13.2 Å². The fourth-order valence-electron chi connectivity index (χ4n) is 1.42. The summed E-state index contributed by atoms with van der Waals surface area (Å²) in [4.78, 5) is 0. The first-order valence-corrected chi connectivity index (χ1v) is 5.63. The van der Waals surface area contributed by atoms with E-state index < -0.39 is 12.1 Å². The fraction of sp³-hybridized carbons (Fsp3) is 0.333. The van der Waals surface area contributed by atoms with Gasteiger partial charge in [-0.2, -0.15) is 0 Å². The van der Waals surface area contributed by atoms with Crippen molar-refractivity contribution in [3.05, 3.63) is 41.4 Å². The van der Waals surface area contributed by atoms with Crippen molar-refractivity contribution in [2.24, 2.45) is 5.73 Å². The average Bonchev–Trinajstić information content (AvgIpc) is 2.27. The molecule has 0 amide bonds. The monoisotopic (exact) mass is 315 g/mol. The molecule has 0 aliphatic carbocycles. The van der Waals surface area contributed by atoms with Gasteiger partial charge in [-0.25, -0.2) is 0 Å². The SMILES string of the molecule is C=CCC[C@@H](N)c1ccc(OC(F)(F)F)c(Cl)c1.Cl. The van der Waals surface area contributed by atoms with Gasteiger partial charge in [-0.3, -0.25) is 0 Å². The molecule has 0 aliphatic rings. The van der Waals surface area contributed by atoms with Gasteiger partial charge < -0.3 is 10.5 Å². The first-order valence-electron chi connectivity index (χ1n) is 5.25. The zero-order valence-corrected chi connectivity index (χ0v) is 11.5. The molecule has 1 aromatic carbocycles. The summed E-state index contributed by atoms with van der Waals surface area (Å²) in [5.74, 6) is -0.427. The number of hydrogen-bond donors (Lipinski definition) is 1. The summed E-state index contributed by atoms with van der Waals surface area (Å²) in [5, 5.41) is -0.112. The Kier molecular flexibility index (Phi) is 7.26. The second-order valence-corrected chi connectivity index (χ2v) is 4.12. The van der Waals surface area contributed by atoms with Gasteiger partial charge >= 0.3 is 6.36 Å². The first-order chi connectivity index (χ1) is 8.33. The molecule has 0 radical (unpaired) electrons. The van der Waals surface area contributed by atoms with Crippen LogP contribution in [0.1, 0.15) is 24.4 Å². The zero-order chi connectivity index (χ0) is 13.8. The summed E-state index contributed by atoms with van der Waals surface area (Å²) in [6.07, 6.45) is -1.66. The number of benzene rings is 1. The number of rotatable bonds is 5. The third-order valence-electron chi connectivity index (χ3n) is 2.29. The van der Waals surface area contributed by atoms with Gasteiger partial charge in [-0.05, 0) is 30.5 Å². The Morgan fingerprint density at radius 1 is 1.42 bits per heavy atom. The van der Waals surface area contributed by atoms with Crippen LogP contribution in [0, 0.1) is 0 Å². The van der Waals surface area contributed by atoms with E-state index in [9.17, 15) is 13.2 Å². The summed E-state index contributed by atoms with van der Waals surface area (Å²) < 4.78 is 39.9. The van der Waals surface area contributed by atoms with Crippen molar-refractivity contribution >= 4 is 24.0 Å². The average molecular weight is 316 g/mol.